The Morgan fingerprint density at radius 1 is 1.42 bits per heavy atom. The zero-order valence-electron chi connectivity index (χ0n) is 12.1. The van der Waals surface area contributed by atoms with Gasteiger partial charge in [-0.15, -0.1) is 0 Å². The van der Waals surface area contributed by atoms with E-state index in [1.165, 1.54) is 0 Å². The second kappa shape index (κ2) is 4.94. The highest BCUT2D eigenvalue weighted by atomic mass is 19.1. The number of nitrogens with zero attached hydrogens (tertiary/aromatic N) is 3. The molecule has 0 bridgehead atoms. The fourth-order valence-electron chi connectivity index (χ4n) is 2.31. The maximum Gasteiger partial charge on any atom is 0.230 e. The van der Waals surface area contributed by atoms with Crippen molar-refractivity contribution in [2.45, 2.75) is 52.2 Å². The molecule has 0 aromatic carbocycles. The summed E-state index contributed by atoms with van der Waals surface area (Å²) >= 11 is 0. The molecule has 19 heavy (non-hydrogen) atoms. The van der Waals surface area contributed by atoms with Gasteiger partial charge in [0.05, 0.1) is 0 Å². The number of aryl methyl sites for hydroxylation is 1. The van der Waals surface area contributed by atoms with Gasteiger partial charge in [0.2, 0.25) is 5.91 Å². The van der Waals surface area contributed by atoms with Crippen LogP contribution in [0.1, 0.15) is 45.7 Å². The Morgan fingerprint density at radius 3 is 2.63 bits per heavy atom. The number of halogens is 1. The molecule has 1 saturated carbocycles. The predicted molar refractivity (Wildman–Crippen MR) is 72.8 cm³/mol. The Balaban J connectivity index is 0.000000637. The minimum Gasteiger partial charge on any atom is -0.300 e. The van der Waals surface area contributed by atoms with Gasteiger partial charge in [0.25, 0.3) is 0 Å². The van der Waals surface area contributed by atoms with Gasteiger partial charge in [-0.1, -0.05) is 20.8 Å². The molecule has 1 atom stereocenters. The van der Waals surface area contributed by atoms with Crippen molar-refractivity contribution in [2.75, 3.05) is 11.9 Å². The van der Waals surface area contributed by atoms with E-state index in [4.69, 9.17) is 0 Å². The van der Waals surface area contributed by atoms with Gasteiger partial charge in [-0.2, -0.15) is 5.10 Å². The zero-order chi connectivity index (χ0) is 14.2. The fraction of sp³-hybridized carbons (Fsp3) is 0.714. The van der Waals surface area contributed by atoms with Gasteiger partial charge in [0.1, 0.15) is 11.5 Å². The molecule has 1 amide bonds. The monoisotopic (exact) mass is 267 g/mol. The number of amides is 1. The van der Waals surface area contributed by atoms with Gasteiger partial charge >= 0.3 is 0 Å². The number of hydrogen-bond acceptors (Lipinski definition) is 2. The molecule has 0 saturated heterocycles. The van der Waals surface area contributed by atoms with Gasteiger partial charge in [-0.3, -0.25) is 9.69 Å². The summed E-state index contributed by atoms with van der Waals surface area (Å²) in [6.45, 7) is 6.60. The molecule has 2 heterocycles. The first-order valence-corrected chi connectivity index (χ1v) is 7.06. The van der Waals surface area contributed by atoms with Crippen LogP contribution in [0, 0.1) is 5.92 Å². The van der Waals surface area contributed by atoms with E-state index >= 15 is 0 Å². The molecular weight excluding hydrogens is 245 g/mol. The lowest BCUT2D eigenvalue weighted by Crippen LogP contribution is -2.30. The summed E-state index contributed by atoms with van der Waals surface area (Å²) < 4.78 is 15.7. The van der Waals surface area contributed by atoms with Crippen molar-refractivity contribution in [2.24, 2.45) is 5.92 Å². The van der Waals surface area contributed by atoms with Crippen LogP contribution >= 0.6 is 0 Å². The van der Waals surface area contributed by atoms with E-state index in [2.05, 4.69) is 5.10 Å². The summed E-state index contributed by atoms with van der Waals surface area (Å²) in [5, 5.41) is 4.31. The molecule has 0 spiro atoms. The lowest BCUT2D eigenvalue weighted by Gasteiger charge is -2.16. The first kappa shape index (κ1) is 14.0. The number of alkyl halides is 1. The lowest BCUT2D eigenvalue weighted by molar-refractivity contribution is -0.121. The lowest BCUT2D eigenvalue weighted by atomic mass is 10.1. The highest BCUT2D eigenvalue weighted by molar-refractivity contribution is 5.94. The summed E-state index contributed by atoms with van der Waals surface area (Å²) in [4.78, 5) is 13.6. The minimum atomic E-state index is -1.23. The van der Waals surface area contributed by atoms with Gasteiger partial charge in [-0.25, -0.2) is 9.07 Å². The zero-order valence-corrected chi connectivity index (χ0v) is 12.1. The normalized spacial score (nSPS) is 24.2. The average molecular weight is 267 g/mol. The van der Waals surface area contributed by atoms with Crippen molar-refractivity contribution < 1.29 is 9.18 Å². The molecule has 106 valence electrons. The van der Waals surface area contributed by atoms with Crippen LogP contribution in [0.5, 0.6) is 0 Å². The van der Waals surface area contributed by atoms with Gasteiger partial charge in [-0.05, 0) is 19.3 Å². The maximum absolute atomic E-state index is 13.9. The van der Waals surface area contributed by atoms with Crippen molar-refractivity contribution in [1.82, 2.24) is 9.78 Å². The Hall–Kier alpha value is -1.39. The molecule has 0 N–H and O–H groups in total. The quantitative estimate of drug-likeness (QED) is 0.784. The van der Waals surface area contributed by atoms with Crippen LogP contribution in [0.3, 0.4) is 0 Å². The van der Waals surface area contributed by atoms with Gasteiger partial charge in [0, 0.05) is 25.6 Å². The van der Waals surface area contributed by atoms with E-state index in [0.717, 1.165) is 12.2 Å². The SMILES string of the molecule is CC.CC1CCn2nc(C3(F)CC3)cc2N(C)C1=O. The van der Waals surface area contributed by atoms with Gasteiger partial charge < -0.3 is 0 Å². The molecule has 1 fully saturated rings. The fourth-order valence-corrected chi connectivity index (χ4v) is 2.31. The maximum atomic E-state index is 13.9. The third-order valence-corrected chi connectivity index (χ3v) is 3.78. The highest BCUT2D eigenvalue weighted by Gasteiger charge is 2.48. The summed E-state index contributed by atoms with van der Waals surface area (Å²) in [7, 11) is 1.74. The van der Waals surface area contributed by atoms with Crippen molar-refractivity contribution in [1.29, 1.82) is 0 Å². The van der Waals surface area contributed by atoms with Crippen LogP contribution in [-0.2, 0) is 17.0 Å². The van der Waals surface area contributed by atoms with Crippen molar-refractivity contribution in [3.63, 3.8) is 0 Å². The smallest absolute Gasteiger partial charge is 0.230 e. The Labute approximate surface area is 113 Å². The third-order valence-electron chi connectivity index (χ3n) is 3.78. The first-order chi connectivity index (χ1) is 9.01. The molecule has 5 heteroatoms. The number of hydrogen-bond donors (Lipinski definition) is 0. The highest BCUT2D eigenvalue weighted by Crippen LogP contribution is 2.49. The van der Waals surface area contributed by atoms with Crippen LogP contribution in [-0.4, -0.2) is 22.7 Å². The molecule has 1 aliphatic heterocycles. The first-order valence-electron chi connectivity index (χ1n) is 7.06. The molecule has 1 aliphatic carbocycles. The second-order valence-corrected chi connectivity index (χ2v) is 5.16. The van der Waals surface area contributed by atoms with Crippen molar-refractivity contribution >= 4 is 11.7 Å². The van der Waals surface area contributed by atoms with Gasteiger partial charge in [0.15, 0.2) is 5.67 Å². The topological polar surface area (TPSA) is 38.1 Å². The third kappa shape index (κ3) is 2.38. The van der Waals surface area contributed by atoms with Crippen LogP contribution in [0.15, 0.2) is 6.07 Å². The van der Waals surface area contributed by atoms with Crippen LogP contribution in [0.25, 0.3) is 0 Å². The summed E-state index contributed by atoms with van der Waals surface area (Å²) in [6.07, 6.45) is 1.87. The summed E-state index contributed by atoms with van der Waals surface area (Å²) in [5.74, 6) is 0.808. The molecule has 2 aliphatic rings. The largest absolute Gasteiger partial charge is 0.300 e. The number of carbonyl (C=O) groups is 1. The predicted octanol–water partition coefficient (Wildman–Crippen LogP) is 2.87. The number of carbonyl (C=O) groups excluding carboxylic acids is 1. The molecule has 3 rings (SSSR count). The number of rotatable bonds is 1. The van der Waals surface area contributed by atoms with E-state index in [0.29, 0.717) is 25.1 Å². The minimum absolute atomic E-state index is 0.00501. The molecule has 1 aromatic heterocycles. The number of anilines is 1. The van der Waals surface area contributed by atoms with Crippen molar-refractivity contribution in [3.8, 4) is 0 Å². The Morgan fingerprint density at radius 2 is 2.05 bits per heavy atom. The molecule has 1 unspecified atom stereocenters. The van der Waals surface area contributed by atoms with Crippen LogP contribution < -0.4 is 4.90 Å². The Kier molecular flexibility index (Phi) is 3.65. The summed E-state index contributed by atoms with van der Waals surface area (Å²) in [6, 6.07) is 1.73. The van der Waals surface area contributed by atoms with E-state index in [9.17, 15) is 9.18 Å². The molecule has 4 nitrogen and oxygen atoms in total. The number of aromatic nitrogens is 2. The molecule has 1 aromatic rings. The van der Waals surface area contributed by atoms with E-state index < -0.39 is 5.67 Å². The standard InChI is InChI=1S/C12H16FN3O.C2H6/c1-8-3-6-16-10(15(2)11(8)17)7-9(14-16)12(13)4-5-12;1-2/h7-8H,3-6H2,1-2H3;1-2H3. The van der Waals surface area contributed by atoms with E-state index in [1.807, 2.05) is 20.8 Å². The number of fused-ring (bicyclic) bond motifs is 1. The Bertz CT molecular complexity index is 479. The van der Waals surface area contributed by atoms with E-state index in [-0.39, 0.29) is 11.8 Å². The molecule has 0 radical (unpaired) electrons. The van der Waals surface area contributed by atoms with Crippen LogP contribution in [0.4, 0.5) is 10.2 Å². The van der Waals surface area contributed by atoms with Crippen LogP contribution in [0.2, 0.25) is 0 Å². The summed E-state index contributed by atoms with van der Waals surface area (Å²) in [5.41, 5.74) is -0.740. The second-order valence-electron chi connectivity index (χ2n) is 5.16. The molecular formula is C14H22FN3O. The van der Waals surface area contributed by atoms with E-state index in [1.54, 1.807) is 22.7 Å². The average Bonchev–Trinajstić information content (AvgIpc) is 3.05. The van der Waals surface area contributed by atoms with Crippen molar-refractivity contribution in [3.05, 3.63) is 11.8 Å².